The molecule has 1 aliphatic heterocycles. The van der Waals surface area contributed by atoms with Gasteiger partial charge in [-0.1, -0.05) is 0 Å². The van der Waals surface area contributed by atoms with Crippen molar-refractivity contribution in [1.82, 2.24) is 4.31 Å². The third-order valence-electron chi connectivity index (χ3n) is 2.78. The third-order valence-corrected chi connectivity index (χ3v) is 4.31. The van der Waals surface area contributed by atoms with Gasteiger partial charge in [-0.2, -0.15) is 12.7 Å². The molecule has 1 aromatic rings. The number of rotatable bonds is 4. The zero-order chi connectivity index (χ0) is 14.8. The maximum absolute atomic E-state index is 12.1. The standard InChI is InChI=1S/C11H14N2O6S/c14-8-1-2-10(9(7-8)11(15)16)12-20(17,18)13-3-5-19-6-4-13/h1-2,7,12,14H,3-6H2,(H,15,16). The molecular weight excluding hydrogens is 288 g/mol. The number of phenols is 1. The second-order valence-corrected chi connectivity index (χ2v) is 5.82. The lowest BCUT2D eigenvalue weighted by Crippen LogP contribution is -2.43. The summed E-state index contributed by atoms with van der Waals surface area (Å²) < 4.78 is 32.7. The van der Waals surface area contributed by atoms with Crippen molar-refractivity contribution in [2.24, 2.45) is 0 Å². The number of anilines is 1. The Morgan fingerprint density at radius 2 is 1.95 bits per heavy atom. The van der Waals surface area contributed by atoms with E-state index >= 15 is 0 Å². The van der Waals surface area contributed by atoms with Gasteiger partial charge in [-0.25, -0.2) is 4.79 Å². The Morgan fingerprint density at radius 3 is 2.55 bits per heavy atom. The Balaban J connectivity index is 2.27. The van der Waals surface area contributed by atoms with Crippen LogP contribution in [0.4, 0.5) is 5.69 Å². The molecule has 0 atom stereocenters. The van der Waals surface area contributed by atoms with E-state index in [1.54, 1.807) is 0 Å². The van der Waals surface area contributed by atoms with E-state index in [2.05, 4.69) is 4.72 Å². The zero-order valence-electron chi connectivity index (χ0n) is 10.4. The first kappa shape index (κ1) is 14.6. The fourth-order valence-electron chi connectivity index (χ4n) is 1.79. The summed E-state index contributed by atoms with van der Waals surface area (Å²) in [6.45, 7) is 0.996. The number of ether oxygens (including phenoxy) is 1. The van der Waals surface area contributed by atoms with E-state index in [9.17, 15) is 18.3 Å². The lowest BCUT2D eigenvalue weighted by atomic mass is 10.2. The topological polar surface area (TPSA) is 116 Å². The van der Waals surface area contributed by atoms with Gasteiger partial charge in [-0.3, -0.25) is 4.72 Å². The van der Waals surface area contributed by atoms with Crippen LogP contribution < -0.4 is 4.72 Å². The van der Waals surface area contributed by atoms with Crippen LogP contribution in [-0.2, 0) is 14.9 Å². The van der Waals surface area contributed by atoms with Gasteiger partial charge in [-0.05, 0) is 18.2 Å². The molecule has 8 nitrogen and oxygen atoms in total. The first-order valence-electron chi connectivity index (χ1n) is 5.82. The summed E-state index contributed by atoms with van der Waals surface area (Å²) in [5.74, 6) is -1.59. The predicted molar refractivity (Wildman–Crippen MR) is 70.0 cm³/mol. The molecule has 1 fully saturated rings. The number of phenolic OH excluding ortho intramolecular Hbond substituents is 1. The Labute approximate surface area is 115 Å². The van der Waals surface area contributed by atoms with Crippen LogP contribution >= 0.6 is 0 Å². The van der Waals surface area contributed by atoms with Crippen LogP contribution in [0, 0.1) is 0 Å². The first-order chi connectivity index (χ1) is 9.40. The van der Waals surface area contributed by atoms with Gasteiger partial charge in [0, 0.05) is 13.1 Å². The van der Waals surface area contributed by atoms with Crippen molar-refractivity contribution in [3.8, 4) is 5.75 Å². The number of aromatic carboxylic acids is 1. The molecule has 2 rings (SSSR count). The average molecular weight is 302 g/mol. The van der Waals surface area contributed by atoms with Crippen LogP contribution in [0.3, 0.4) is 0 Å². The molecule has 1 saturated heterocycles. The summed E-state index contributed by atoms with van der Waals surface area (Å²) in [6, 6.07) is 3.40. The van der Waals surface area contributed by atoms with E-state index in [4.69, 9.17) is 9.84 Å². The average Bonchev–Trinajstić information content (AvgIpc) is 2.41. The Hall–Kier alpha value is -1.84. The van der Waals surface area contributed by atoms with Gasteiger partial charge in [-0.15, -0.1) is 0 Å². The number of benzene rings is 1. The third kappa shape index (κ3) is 3.18. The van der Waals surface area contributed by atoms with Crippen LogP contribution in [0.1, 0.15) is 10.4 Å². The monoisotopic (exact) mass is 302 g/mol. The molecule has 1 aromatic carbocycles. The summed E-state index contributed by atoms with van der Waals surface area (Å²) in [7, 11) is -3.85. The molecule has 0 bridgehead atoms. The lowest BCUT2D eigenvalue weighted by Gasteiger charge is -2.26. The molecule has 1 aliphatic rings. The van der Waals surface area contributed by atoms with Crippen LogP contribution in [0.25, 0.3) is 0 Å². The maximum atomic E-state index is 12.1. The van der Waals surface area contributed by atoms with E-state index in [0.29, 0.717) is 13.2 Å². The first-order valence-corrected chi connectivity index (χ1v) is 7.26. The van der Waals surface area contributed by atoms with Gasteiger partial charge in [0.25, 0.3) is 0 Å². The molecule has 0 spiro atoms. The van der Waals surface area contributed by atoms with Crippen LogP contribution in [0.5, 0.6) is 5.75 Å². The highest BCUT2D eigenvalue weighted by Crippen LogP contribution is 2.23. The molecule has 3 N–H and O–H groups in total. The quantitative estimate of drug-likeness (QED) is 0.678. The number of carboxylic acid groups (broad SMARTS) is 1. The lowest BCUT2D eigenvalue weighted by molar-refractivity contribution is 0.0697. The summed E-state index contributed by atoms with van der Waals surface area (Å²) in [6.07, 6.45) is 0. The second kappa shape index (κ2) is 5.65. The van der Waals surface area contributed by atoms with Gasteiger partial charge in [0.15, 0.2) is 0 Å². The SMILES string of the molecule is O=C(O)c1cc(O)ccc1NS(=O)(=O)N1CCOCC1. The van der Waals surface area contributed by atoms with Gasteiger partial charge >= 0.3 is 16.2 Å². The minimum absolute atomic E-state index is 0.0956. The number of morpholine rings is 1. The maximum Gasteiger partial charge on any atom is 0.337 e. The highest BCUT2D eigenvalue weighted by molar-refractivity contribution is 7.90. The summed E-state index contributed by atoms with van der Waals surface area (Å²) in [5.41, 5.74) is -0.413. The van der Waals surface area contributed by atoms with Crippen molar-refractivity contribution in [1.29, 1.82) is 0 Å². The number of nitrogens with one attached hydrogen (secondary N) is 1. The van der Waals surface area contributed by atoms with Crippen molar-refractivity contribution in [3.05, 3.63) is 23.8 Å². The minimum atomic E-state index is -3.85. The van der Waals surface area contributed by atoms with Crippen molar-refractivity contribution in [3.63, 3.8) is 0 Å². The highest BCUT2D eigenvalue weighted by atomic mass is 32.2. The van der Waals surface area contributed by atoms with Gasteiger partial charge in [0.2, 0.25) is 0 Å². The molecule has 110 valence electrons. The largest absolute Gasteiger partial charge is 0.508 e. The molecule has 0 saturated carbocycles. The Morgan fingerprint density at radius 1 is 1.30 bits per heavy atom. The fourth-order valence-corrected chi connectivity index (χ4v) is 3.00. The molecule has 0 aromatic heterocycles. The van der Waals surface area contributed by atoms with Crippen LogP contribution in [0.2, 0.25) is 0 Å². The van der Waals surface area contributed by atoms with E-state index in [0.717, 1.165) is 6.07 Å². The Bertz CT molecular complexity index is 609. The molecule has 0 aliphatic carbocycles. The van der Waals surface area contributed by atoms with Crippen molar-refractivity contribution >= 4 is 21.9 Å². The summed E-state index contributed by atoms with van der Waals surface area (Å²) in [5, 5.41) is 18.3. The van der Waals surface area contributed by atoms with Crippen molar-refractivity contribution < 1.29 is 28.2 Å². The number of carboxylic acids is 1. The highest BCUT2D eigenvalue weighted by Gasteiger charge is 2.25. The smallest absolute Gasteiger partial charge is 0.337 e. The van der Waals surface area contributed by atoms with E-state index in [1.165, 1.54) is 16.4 Å². The van der Waals surface area contributed by atoms with Crippen molar-refractivity contribution in [2.75, 3.05) is 31.0 Å². The van der Waals surface area contributed by atoms with Crippen molar-refractivity contribution in [2.45, 2.75) is 0 Å². The van der Waals surface area contributed by atoms with Crippen LogP contribution in [-0.4, -0.2) is 55.2 Å². The minimum Gasteiger partial charge on any atom is -0.508 e. The molecule has 20 heavy (non-hydrogen) atoms. The van der Waals surface area contributed by atoms with Gasteiger partial charge in [0.05, 0.1) is 24.5 Å². The Kier molecular flexibility index (Phi) is 4.12. The fraction of sp³-hybridized carbons (Fsp3) is 0.364. The number of nitrogens with zero attached hydrogens (tertiary/aromatic N) is 1. The number of hydrogen-bond acceptors (Lipinski definition) is 5. The second-order valence-electron chi connectivity index (χ2n) is 4.15. The molecule has 1 heterocycles. The van der Waals surface area contributed by atoms with E-state index in [1.807, 2.05) is 0 Å². The van der Waals surface area contributed by atoms with E-state index in [-0.39, 0.29) is 30.1 Å². The van der Waals surface area contributed by atoms with Gasteiger partial charge in [0.1, 0.15) is 5.75 Å². The molecule has 0 radical (unpaired) electrons. The summed E-state index contributed by atoms with van der Waals surface area (Å²) in [4.78, 5) is 11.1. The molecule has 0 unspecified atom stereocenters. The number of hydrogen-bond donors (Lipinski definition) is 3. The van der Waals surface area contributed by atoms with Gasteiger partial charge < -0.3 is 14.9 Å². The number of aromatic hydroxyl groups is 1. The molecule has 9 heteroatoms. The normalized spacial score (nSPS) is 16.8. The summed E-state index contributed by atoms with van der Waals surface area (Å²) >= 11 is 0. The zero-order valence-corrected chi connectivity index (χ0v) is 11.3. The molecule has 0 amide bonds. The molecular formula is C11H14N2O6S. The number of carbonyl (C=O) groups is 1. The predicted octanol–water partition coefficient (Wildman–Crippen LogP) is 0.0793. The van der Waals surface area contributed by atoms with E-state index < -0.39 is 16.2 Å². The van der Waals surface area contributed by atoms with Crippen LogP contribution in [0.15, 0.2) is 18.2 Å².